The smallest absolute Gasteiger partial charge is 0.321 e. The molecular weight excluding hydrogens is 330 g/mol. The van der Waals surface area contributed by atoms with Crippen molar-refractivity contribution in [3.05, 3.63) is 34.9 Å². The van der Waals surface area contributed by atoms with Crippen molar-refractivity contribution in [1.29, 1.82) is 0 Å². The van der Waals surface area contributed by atoms with E-state index in [-0.39, 0.29) is 6.03 Å². The van der Waals surface area contributed by atoms with Crippen LogP contribution in [0.1, 0.15) is 19.8 Å². The van der Waals surface area contributed by atoms with Crippen LogP contribution in [-0.4, -0.2) is 29.0 Å². The molecule has 0 unspecified atom stereocenters. The summed E-state index contributed by atoms with van der Waals surface area (Å²) in [7, 11) is 0. The number of nitrogens with one attached hydrogen (secondary N) is 1. The molecule has 4 nitrogen and oxygen atoms in total. The number of hydrogen-bond acceptors (Lipinski definition) is 2. The molecule has 0 spiro atoms. The third-order valence-electron chi connectivity index (χ3n) is 3.99. The average molecular weight is 348 g/mol. The van der Waals surface area contributed by atoms with E-state index in [1.807, 2.05) is 29.2 Å². The van der Waals surface area contributed by atoms with Gasteiger partial charge in [-0.05, 0) is 46.8 Å². The molecule has 1 N–H and O–H groups in total. The SMILES string of the molecule is CC1CCN(C(=O)Nc2cccc3cc(Br)cnc23)CC1. The fourth-order valence-electron chi connectivity index (χ4n) is 2.64. The molecule has 0 aliphatic carbocycles. The number of aromatic nitrogens is 1. The first-order chi connectivity index (χ1) is 10.1. The summed E-state index contributed by atoms with van der Waals surface area (Å²) in [6.45, 7) is 3.90. The fraction of sp³-hybridized carbons (Fsp3) is 0.375. The zero-order valence-corrected chi connectivity index (χ0v) is 13.6. The Balaban J connectivity index is 1.80. The summed E-state index contributed by atoms with van der Waals surface area (Å²) >= 11 is 3.42. The van der Waals surface area contributed by atoms with Gasteiger partial charge in [0.1, 0.15) is 0 Å². The molecule has 110 valence electrons. The highest BCUT2D eigenvalue weighted by Crippen LogP contribution is 2.25. The van der Waals surface area contributed by atoms with Gasteiger partial charge in [-0.25, -0.2) is 4.79 Å². The van der Waals surface area contributed by atoms with Crippen molar-refractivity contribution in [3.63, 3.8) is 0 Å². The van der Waals surface area contributed by atoms with Crippen LogP contribution in [0.5, 0.6) is 0 Å². The minimum atomic E-state index is -0.0286. The Bertz CT molecular complexity index is 666. The van der Waals surface area contributed by atoms with Crippen molar-refractivity contribution in [2.45, 2.75) is 19.8 Å². The molecule has 1 aromatic heterocycles. The van der Waals surface area contributed by atoms with Crippen molar-refractivity contribution in [3.8, 4) is 0 Å². The number of benzene rings is 1. The van der Waals surface area contributed by atoms with Crippen LogP contribution in [0.2, 0.25) is 0 Å². The largest absolute Gasteiger partial charge is 0.325 e. The summed E-state index contributed by atoms with van der Waals surface area (Å²) in [6, 6.07) is 7.79. The van der Waals surface area contributed by atoms with Crippen LogP contribution < -0.4 is 5.32 Å². The molecule has 5 heteroatoms. The molecule has 0 bridgehead atoms. The highest BCUT2D eigenvalue weighted by Gasteiger charge is 2.20. The van der Waals surface area contributed by atoms with Gasteiger partial charge in [-0.3, -0.25) is 4.98 Å². The van der Waals surface area contributed by atoms with E-state index < -0.39 is 0 Å². The number of halogens is 1. The number of rotatable bonds is 1. The maximum absolute atomic E-state index is 12.4. The van der Waals surface area contributed by atoms with Gasteiger partial charge in [0, 0.05) is 29.1 Å². The zero-order chi connectivity index (χ0) is 14.8. The van der Waals surface area contributed by atoms with Crippen LogP contribution in [0.15, 0.2) is 34.9 Å². The third-order valence-corrected chi connectivity index (χ3v) is 4.42. The van der Waals surface area contributed by atoms with Crippen molar-refractivity contribution >= 4 is 38.6 Å². The highest BCUT2D eigenvalue weighted by atomic mass is 79.9. The van der Waals surface area contributed by atoms with E-state index in [1.165, 1.54) is 0 Å². The molecule has 1 aromatic carbocycles. The van der Waals surface area contributed by atoms with E-state index in [9.17, 15) is 4.79 Å². The predicted molar refractivity (Wildman–Crippen MR) is 88.4 cm³/mol. The number of hydrogen-bond donors (Lipinski definition) is 1. The van der Waals surface area contributed by atoms with E-state index in [1.54, 1.807) is 6.20 Å². The zero-order valence-electron chi connectivity index (χ0n) is 12.0. The van der Waals surface area contributed by atoms with Crippen LogP contribution in [-0.2, 0) is 0 Å². The summed E-state index contributed by atoms with van der Waals surface area (Å²) < 4.78 is 0.934. The topological polar surface area (TPSA) is 45.2 Å². The minimum absolute atomic E-state index is 0.0286. The number of piperidine rings is 1. The first kappa shape index (κ1) is 14.3. The minimum Gasteiger partial charge on any atom is -0.325 e. The number of para-hydroxylation sites is 1. The van der Waals surface area contributed by atoms with E-state index in [0.29, 0.717) is 5.92 Å². The first-order valence-corrected chi connectivity index (χ1v) is 8.03. The third kappa shape index (κ3) is 3.18. The van der Waals surface area contributed by atoms with E-state index in [4.69, 9.17) is 0 Å². The molecule has 21 heavy (non-hydrogen) atoms. The number of pyridine rings is 1. The summed E-state index contributed by atoms with van der Waals surface area (Å²) in [6.07, 6.45) is 3.91. The molecule has 1 aliphatic heterocycles. The summed E-state index contributed by atoms with van der Waals surface area (Å²) in [4.78, 5) is 18.7. The van der Waals surface area contributed by atoms with Gasteiger partial charge >= 0.3 is 6.03 Å². The average Bonchev–Trinajstić information content (AvgIpc) is 2.47. The van der Waals surface area contributed by atoms with Crippen LogP contribution >= 0.6 is 15.9 Å². The lowest BCUT2D eigenvalue weighted by molar-refractivity contribution is 0.186. The number of carbonyl (C=O) groups excluding carboxylic acids is 1. The van der Waals surface area contributed by atoms with E-state index in [2.05, 4.69) is 33.2 Å². The number of anilines is 1. The molecular formula is C16H18BrN3O. The second-order valence-electron chi connectivity index (χ2n) is 5.63. The quantitative estimate of drug-likeness (QED) is 0.837. The maximum Gasteiger partial charge on any atom is 0.321 e. The second kappa shape index (κ2) is 6.02. The van der Waals surface area contributed by atoms with E-state index >= 15 is 0 Å². The Morgan fingerprint density at radius 1 is 1.38 bits per heavy atom. The lowest BCUT2D eigenvalue weighted by Gasteiger charge is -2.30. The standard InChI is InChI=1S/C16H18BrN3O/c1-11-5-7-20(8-6-11)16(21)19-14-4-2-3-12-9-13(17)10-18-15(12)14/h2-4,9-11H,5-8H2,1H3,(H,19,21). The van der Waals surface area contributed by atoms with Crippen LogP contribution in [0.3, 0.4) is 0 Å². The van der Waals surface area contributed by atoms with Crippen molar-refractivity contribution in [2.75, 3.05) is 18.4 Å². The molecule has 2 aromatic rings. The fourth-order valence-corrected chi connectivity index (χ4v) is 2.99. The summed E-state index contributed by atoms with van der Waals surface area (Å²) in [5.74, 6) is 0.714. The summed E-state index contributed by atoms with van der Waals surface area (Å²) in [5.41, 5.74) is 1.59. The van der Waals surface area contributed by atoms with Crippen molar-refractivity contribution in [2.24, 2.45) is 5.92 Å². The van der Waals surface area contributed by atoms with Gasteiger partial charge in [0.15, 0.2) is 0 Å². The Labute approximate surface area is 132 Å². The first-order valence-electron chi connectivity index (χ1n) is 7.23. The van der Waals surface area contributed by atoms with Crippen molar-refractivity contribution in [1.82, 2.24) is 9.88 Å². The van der Waals surface area contributed by atoms with Crippen LogP contribution in [0.4, 0.5) is 10.5 Å². The van der Waals surface area contributed by atoms with Gasteiger partial charge < -0.3 is 10.2 Å². The molecule has 2 heterocycles. The normalized spacial score (nSPS) is 16.2. The lowest BCUT2D eigenvalue weighted by Crippen LogP contribution is -2.40. The maximum atomic E-state index is 12.4. The molecule has 1 fully saturated rings. The Morgan fingerprint density at radius 3 is 2.90 bits per heavy atom. The van der Waals surface area contributed by atoms with Gasteiger partial charge in [-0.1, -0.05) is 19.1 Å². The molecule has 2 amide bonds. The molecule has 1 saturated heterocycles. The number of urea groups is 1. The molecule has 3 rings (SSSR count). The Morgan fingerprint density at radius 2 is 2.14 bits per heavy atom. The molecule has 1 aliphatic rings. The Kier molecular flexibility index (Phi) is 4.10. The van der Waals surface area contributed by atoms with Gasteiger partial charge in [-0.15, -0.1) is 0 Å². The molecule has 0 atom stereocenters. The lowest BCUT2D eigenvalue weighted by atomic mass is 10.00. The monoisotopic (exact) mass is 347 g/mol. The number of nitrogens with zero attached hydrogens (tertiary/aromatic N) is 2. The van der Waals surface area contributed by atoms with Gasteiger partial charge in [0.25, 0.3) is 0 Å². The molecule has 0 saturated carbocycles. The van der Waals surface area contributed by atoms with Crippen LogP contribution in [0, 0.1) is 5.92 Å². The second-order valence-corrected chi connectivity index (χ2v) is 6.55. The van der Waals surface area contributed by atoms with Gasteiger partial charge in [0.2, 0.25) is 0 Å². The number of fused-ring (bicyclic) bond motifs is 1. The van der Waals surface area contributed by atoms with E-state index in [0.717, 1.165) is 47.0 Å². The Hall–Kier alpha value is -1.62. The van der Waals surface area contributed by atoms with Crippen LogP contribution in [0.25, 0.3) is 10.9 Å². The number of amides is 2. The molecule has 0 radical (unpaired) electrons. The highest BCUT2D eigenvalue weighted by molar-refractivity contribution is 9.10. The van der Waals surface area contributed by atoms with Gasteiger partial charge in [0.05, 0.1) is 11.2 Å². The number of likely N-dealkylation sites (tertiary alicyclic amines) is 1. The number of carbonyl (C=O) groups is 1. The van der Waals surface area contributed by atoms with Crippen molar-refractivity contribution < 1.29 is 4.79 Å². The summed E-state index contributed by atoms with van der Waals surface area (Å²) in [5, 5.41) is 4.01. The van der Waals surface area contributed by atoms with Gasteiger partial charge in [-0.2, -0.15) is 0 Å². The predicted octanol–water partition coefficient (Wildman–Crippen LogP) is 4.26.